The fourth-order valence-corrected chi connectivity index (χ4v) is 2.13. The third-order valence-electron chi connectivity index (χ3n) is 2.06. The van der Waals surface area contributed by atoms with Gasteiger partial charge in [-0.2, -0.15) is 4.98 Å². The average molecular weight is 375 g/mol. The number of hydrogen-bond acceptors (Lipinski definition) is 5. The molecule has 0 aliphatic heterocycles. The molecule has 2 N–H and O–H groups in total. The first-order valence-corrected chi connectivity index (χ1v) is 6.48. The van der Waals surface area contributed by atoms with Crippen LogP contribution in [0.5, 0.6) is 17.5 Å². The summed E-state index contributed by atoms with van der Waals surface area (Å²) >= 11 is 6.76. The second-order valence-electron chi connectivity index (χ2n) is 3.28. The summed E-state index contributed by atoms with van der Waals surface area (Å²) in [5, 5.41) is 0. The van der Waals surface area contributed by atoms with Crippen LogP contribution >= 0.6 is 31.9 Å². The Hall–Kier alpha value is -1.34. The highest BCUT2D eigenvalue weighted by Gasteiger charge is 2.10. The van der Waals surface area contributed by atoms with Crippen molar-refractivity contribution < 1.29 is 9.47 Å². The van der Waals surface area contributed by atoms with E-state index in [9.17, 15) is 0 Å². The van der Waals surface area contributed by atoms with Crippen LogP contribution in [-0.4, -0.2) is 17.1 Å². The van der Waals surface area contributed by atoms with Crippen molar-refractivity contribution in [2.75, 3.05) is 12.8 Å². The largest absolute Gasteiger partial charge is 0.496 e. The number of hydrogen-bond donors (Lipinski definition) is 1. The molecule has 94 valence electrons. The number of nitrogens with zero attached hydrogens (tertiary/aromatic N) is 2. The summed E-state index contributed by atoms with van der Waals surface area (Å²) in [4.78, 5) is 7.93. The standard InChI is InChI=1S/C11H9Br2N3O2/c1-17-8-4-7(13)9(5-6(8)12)18-11-15-3-2-10(14)16-11/h2-5H,1H3,(H2,14,15,16). The van der Waals surface area contributed by atoms with Crippen molar-refractivity contribution in [2.45, 2.75) is 0 Å². The summed E-state index contributed by atoms with van der Waals surface area (Å²) < 4.78 is 12.2. The van der Waals surface area contributed by atoms with E-state index >= 15 is 0 Å². The molecule has 0 bridgehead atoms. The van der Waals surface area contributed by atoms with Crippen molar-refractivity contribution >= 4 is 37.7 Å². The molecule has 0 atom stereocenters. The lowest BCUT2D eigenvalue weighted by Gasteiger charge is -2.09. The van der Waals surface area contributed by atoms with Crippen molar-refractivity contribution in [3.05, 3.63) is 33.3 Å². The number of aromatic nitrogens is 2. The fraction of sp³-hybridized carbons (Fsp3) is 0.0909. The molecule has 0 radical (unpaired) electrons. The number of nitrogens with two attached hydrogens (primary N) is 1. The summed E-state index contributed by atoms with van der Waals surface area (Å²) in [6, 6.07) is 5.32. The highest BCUT2D eigenvalue weighted by molar-refractivity contribution is 9.11. The smallest absolute Gasteiger partial charge is 0.323 e. The van der Waals surface area contributed by atoms with Gasteiger partial charge in [0.05, 0.1) is 16.1 Å². The van der Waals surface area contributed by atoms with Gasteiger partial charge in [-0.15, -0.1) is 0 Å². The molecule has 2 rings (SSSR count). The first-order valence-electron chi connectivity index (χ1n) is 4.89. The van der Waals surface area contributed by atoms with E-state index in [1.807, 2.05) is 0 Å². The van der Waals surface area contributed by atoms with Gasteiger partial charge >= 0.3 is 6.01 Å². The summed E-state index contributed by atoms with van der Waals surface area (Å²) in [7, 11) is 1.59. The lowest BCUT2D eigenvalue weighted by molar-refractivity contribution is 0.407. The molecule has 7 heteroatoms. The van der Waals surface area contributed by atoms with Gasteiger partial charge < -0.3 is 15.2 Å². The molecule has 0 fully saturated rings. The van der Waals surface area contributed by atoms with Crippen LogP contribution in [0.1, 0.15) is 0 Å². The van der Waals surface area contributed by atoms with Crippen molar-refractivity contribution in [1.82, 2.24) is 9.97 Å². The van der Waals surface area contributed by atoms with Crippen molar-refractivity contribution in [2.24, 2.45) is 0 Å². The van der Waals surface area contributed by atoms with E-state index in [2.05, 4.69) is 41.8 Å². The van der Waals surface area contributed by atoms with Gasteiger partial charge in [0, 0.05) is 12.3 Å². The zero-order valence-corrected chi connectivity index (χ0v) is 12.5. The Morgan fingerprint density at radius 2 is 1.83 bits per heavy atom. The van der Waals surface area contributed by atoms with E-state index in [4.69, 9.17) is 15.2 Å². The Balaban J connectivity index is 2.32. The topological polar surface area (TPSA) is 70.3 Å². The molecule has 1 aromatic carbocycles. The molecule has 0 amide bonds. The van der Waals surface area contributed by atoms with Crippen LogP contribution in [0.2, 0.25) is 0 Å². The number of halogens is 2. The molecule has 5 nitrogen and oxygen atoms in total. The Kier molecular flexibility index (Phi) is 4.03. The Morgan fingerprint density at radius 3 is 2.50 bits per heavy atom. The predicted octanol–water partition coefficient (Wildman–Crippen LogP) is 3.38. The second kappa shape index (κ2) is 5.53. The molecule has 18 heavy (non-hydrogen) atoms. The molecule has 2 aromatic rings. The Morgan fingerprint density at radius 1 is 1.17 bits per heavy atom. The van der Waals surface area contributed by atoms with Gasteiger partial charge in [-0.05, 0) is 44.0 Å². The number of methoxy groups -OCH3 is 1. The fourth-order valence-electron chi connectivity index (χ4n) is 1.25. The molecule has 0 aliphatic rings. The SMILES string of the molecule is COc1cc(Br)c(Oc2nccc(N)n2)cc1Br. The van der Waals surface area contributed by atoms with Crippen LogP contribution in [0.25, 0.3) is 0 Å². The van der Waals surface area contributed by atoms with Crippen LogP contribution in [0.3, 0.4) is 0 Å². The lowest BCUT2D eigenvalue weighted by Crippen LogP contribution is -1.96. The van der Waals surface area contributed by atoms with Crippen LogP contribution in [0, 0.1) is 0 Å². The molecule has 0 aliphatic carbocycles. The van der Waals surface area contributed by atoms with E-state index in [-0.39, 0.29) is 6.01 Å². The number of rotatable bonds is 3. The van der Waals surface area contributed by atoms with E-state index in [0.717, 1.165) is 8.95 Å². The average Bonchev–Trinajstić information content (AvgIpc) is 2.33. The van der Waals surface area contributed by atoms with Gasteiger partial charge in [0.25, 0.3) is 0 Å². The van der Waals surface area contributed by atoms with Crippen LogP contribution in [0.4, 0.5) is 5.82 Å². The molecular formula is C11H9Br2N3O2. The number of benzene rings is 1. The van der Waals surface area contributed by atoms with Gasteiger partial charge in [-0.1, -0.05) is 0 Å². The minimum absolute atomic E-state index is 0.188. The zero-order chi connectivity index (χ0) is 13.1. The van der Waals surface area contributed by atoms with Crippen molar-refractivity contribution in [1.29, 1.82) is 0 Å². The lowest BCUT2D eigenvalue weighted by atomic mass is 10.3. The molecule has 0 saturated heterocycles. The van der Waals surface area contributed by atoms with Crippen LogP contribution < -0.4 is 15.2 Å². The number of ether oxygens (including phenoxy) is 2. The third-order valence-corrected chi connectivity index (χ3v) is 3.30. The van der Waals surface area contributed by atoms with E-state index < -0.39 is 0 Å². The van der Waals surface area contributed by atoms with E-state index in [0.29, 0.717) is 17.3 Å². The zero-order valence-electron chi connectivity index (χ0n) is 9.35. The quantitative estimate of drug-likeness (QED) is 0.891. The van der Waals surface area contributed by atoms with Crippen LogP contribution in [0.15, 0.2) is 33.3 Å². The first kappa shape index (κ1) is 13.1. The van der Waals surface area contributed by atoms with Crippen LogP contribution in [-0.2, 0) is 0 Å². The van der Waals surface area contributed by atoms with Crippen molar-refractivity contribution in [3.8, 4) is 17.5 Å². The molecule has 1 aromatic heterocycles. The van der Waals surface area contributed by atoms with Gasteiger partial charge in [-0.25, -0.2) is 4.98 Å². The van der Waals surface area contributed by atoms with E-state index in [1.165, 1.54) is 6.20 Å². The van der Waals surface area contributed by atoms with Gasteiger partial charge in [0.15, 0.2) is 0 Å². The van der Waals surface area contributed by atoms with Crippen molar-refractivity contribution in [3.63, 3.8) is 0 Å². The maximum Gasteiger partial charge on any atom is 0.323 e. The van der Waals surface area contributed by atoms with Gasteiger partial charge in [-0.3, -0.25) is 0 Å². The van der Waals surface area contributed by atoms with Gasteiger partial charge in [0.1, 0.15) is 17.3 Å². The minimum Gasteiger partial charge on any atom is -0.496 e. The number of anilines is 1. The Bertz CT molecular complexity index is 578. The summed E-state index contributed by atoms with van der Waals surface area (Å²) in [6.45, 7) is 0. The van der Waals surface area contributed by atoms with E-state index in [1.54, 1.807) is 25.3 Å². The minimum atomic E-state index is 0.188. The second-order valence-corrected chi connectivity index (χ2v) is 4.99. The number of nitrogen functional groups attached to an aromatic ring is 1. The highest BCUT2D eigenvalue weighted by atomic mass is 79.9. The summed E-state index contributed by atoms with van der Waals surface area (Å²) in [6.07, 6.45) is 1.53. The first-order chi connectivity index (χ1) is 8.60. The maximum atomic E-state index is 5.55. The molecule has 0 unspecified atom stereocenters. The Labute approximate surface area is 121 Å². The normalized spacial score (nSPS) is 10.2. The molecule has 0 spiro atoms. The maximum absolute atomic E-state index is 5.55. The molecule has 1 heterocycles. The monoisotopic (exact) mass is 373 g/mol. The third kappa shape index (κ3) is 2.91. The van der Waals surface area contributed by atoms with Gasteiger partial charge in [0.2, 0.25) is 0 Å². The molecular weight excluding hydrogens is 366 g/mol. The summed E-state index contributed by atoms with van der Waals surface area (Å²) in [5.74, 6) is 1.61. The predicted molar refractivity (Wildman–Crippen MR) is 74.9 cm³/mol. The molecule has 0 saturated carbocycles. The summed E-state index contributed by atoms with van der Waals surface area (Å²) in [5.41, 5.74) is 5.55. The highest BCUT2D eigenvalue weighted by Crippen LogP contribution is 2.37.